The second kappa shape index (κ2) is 10.2. The molecule has 4 heterocycles. The second-order valence-corrected chi connectivity index (χ2v) is 11.0. The normalized spacial score (nSPS) is 22.9. The number of carbonyl (C=O) groups excluding carboxylic acids is 1. The Bertz CT molecular complexity index is 1520. The number of imidazole rings is 1. The zero-order valence-electron chi connectivity index (χ0n) is 21.7. The lowest BCUT2D eigenvalue weighted by Gasteiger charge is -2.29. The van der Waals surface area contributed by atoms with E-state index in [1.807, 2.05) is 16.7 Å². The topological polar surface area (TPSA) is 107 Å². The van der Waals surface area contributed by atoms with Gasteiger partial charge in [-0.25, -0.2) is 24.1 Å². The average Bonchev–Trinajstić information content (AvgIpc) is 3.54. The fraction of sp³-hybridized carbons (Fsp3) is 0.393. The van der Waals surface area contributed by atoms with Gasteiger partial charge in [0.2, 0.25) is 5.67 Å². The molecular formula is C28H29ClFN7O2. The third-order valence-corrected chi connectivity index (χ3v) is 7.89. The van der Waals surface area contributed by atoms with Crippen molar-refractivity contribution in [3.63, 3.8) is 0 Å². The molecule has 6 rings (SSSR count). The summed E-state index contributed by atoms with van der Waals surface area (Å²) in [7, 11) is 0. The number of halogens is 2. The molecule has 11 heteroatoms. The molecule has 0 spiro atoms. The van der Waals surface area contributed by atoms with Crippen molar-refractivity contribution in [2.24, 2.45) is 11.8 Å². The van der Waals surface area contributed by atoms with Crippen LogP contribution in [-0.2, 0) is 17.1 Å². The van der Waals surface area contributed by atoms with Gasteiger partial charge in [0.25, 0.3) is 0 Å². The molecule has 2 fully saturated rings. The van der Waals surface area contributed by atoms with Crippen LogP contribution in [0.2, 0.25) is 5.02 Å². The van der Waals surface area contributed by atoms with Crippen molar-refractivity contribution in [1.82, 2.24) is 35.3 Å². The van der Waals surface area contributed by atoms with Gasteiger partial charge >= 0.3 is 6.09 Å². The third-order valence-electron chi connectivity index (χ3n) is 7.65. The van der Waals surface area contributed by atoms with E-state index in [0.717, 1.165) is 31.2 Å². The summed E-state index contributed by atoms with van der Waals surface area (Å²) in [4.78, 5) is 35.2. The van der Waals surface area contributed by atoms with Gasteiger partial charge in [-0.2, -0.15) is 0 Å². The Morgan fingerprint density at radius 3 is 2.64 bits per heavy atom. The summed E-state index contributed by atoms with van der Waals surface area (Å²) in [5.74, 6) is 1.49. The molecule has 0 radical (unpaired) electrons. The van der Waals surface area contributed by atoms with E-state index < -0.39 is 17.9 Å². The molecule has 1 aliphatic carbocycles. The van der Waals surface area contributed by atoms with Crippen molar-refractivity contribution >= 4 is 28.9 Å². The maximum absolute atomic E-state index is 16.8. The summed E-state index contributed by atoms with van der Waals surface area (Å²) >= 11 is 6.38. The van der Waals surface area contributed by atoms with Crippen LogP contribution in [0.1, 0.15) is 63.0 Å². The first-order chi connectivity index (χ1) is 18.8. The Balaban J connectivity index is 1.59. The molecule has 202 valence electrons. The highest BCUT2D eigenvalue weighted by molar-refractivity contribution is 6.30. The number of hydrogen-bond donors (Lipinski definition) is 2. The van der Waals surface area contributed by atoms with Crippen molar-refractivity contribution in [3.05, 3.63) is 71.0 Å². The van der Waals surface area contributed by atoms with Gasteiger partial charge in [0, 0.05) is 23.3 Å². The molecule has 2 atom stereocenters. The molecule has 2 aliphatic rings. The van der Waals surface area contributed by atoms with Crippen LogP contribution in [0.25, 0.3) is 22.4 Å². The number of benzene rings is 1. The van der Waals surface area contributed by atoms with Crippen LogP contribution in [0, 0.1) is 11.8 Å². The number of amides is 1. The number of aromatic nitrogens is 5. The maximum Gasteiger partial charge on any atom is 0.427 e. The van der Waals surface area contributed by atoms with Gasteiger partial charge in [0.05, 0.1) is 5.69 Å². The van der Waals surface area contributed by atoms with E-state index in [4.69, 9.17) is 26.4 Å². The number of rotatable bonds is 6. The number of pyridine rings is 1. The summed E-state index contributed by atoms with van der Waals surface area (Å²) in [6, 6.07) is 12.5. The minimum atomic E-state index is -2.00. The first-order valence-electron chi connectivity index (χ1n) is 13.2. The largest absolute Gasteiger partial charge is 0.427 e. The van der Waals surface area contributed by atoms with Crippen molar-refractivity contribution < 1.29 is 14.0 Å². The second-order valence-electron chi connectivity index (χ2n) is 10.6. The lowest BCUT2D eigenvalue weighted by molar-refractivity contribution is 0.120. The number of alkyl halides is 1. The number of carbonyl (C=O) groups is 1. The highest BCUT2D eigenvalue weighted by Crippen LogP contribution is 2.39. The van der Waals surface area contributed by atoms with E-state index in [-0.39, 0.29) is 17.3 Å². The van der Waals surface area contributed by atoms with Crippen LogP contribution in [0.4, 0.5) is 9.18 Å². The van der Waals surface area contributed by atoms with E-state index in [1.54, 1.807) is 36.5 Å². The lowest BCUT2D eigenvalue weighted by Crippen LogP contribution is -2.27. The van der Waals surface area contributed by atoms with E-state index in [1.165, 1.54) is 6.92 Å². The molecule has 4 aromatic rings. The molecule has 3 aromatic heterocycles. The first kappa shape index (κ1) is 25.6. The molecule has 1 saturated heterocycles. The summed E-state index contributed by atoms with van der Waals surface area (Å²) in [6.45, 7) is 4.33. The van der Waals surface area contributed by atoms with Crippen molar-refractivity contribution in [1.29, 1.82) is 0 Å². The van der Waals surface area contributed by atoms with Crippen molar-refractivity contribution in [3.8, 4) is 11.3 Å². The molecular weight excluding hydrogens is 521 g/mol. The van der Waals surface area contributed by atoms with Gasteiger partial charge in [-0.05, 0) is 55.9 Å². The number of hydrogen-bond acceptors (Lipinski definition) is 7. The Kier molecular flexibility index (Phi) is 6.68. The Morgan fingerprint density at radius 1 is 1.13 bits per heavy atom. The predicted molar refractivity (Wildman–Crippen MR) is 144 cm³/mol. The monoisotopic (exact) mass is 549 g/mol. The Hall–Kier alpha value is -3.63. The number of nitrogens with zero attached hydrogens (tertiary/aromatic N) is 5. The molecule has 2 unspecified atom stereocenters. The van der Waals surface area contributed by atoms with Gasteiger partial charge < -0.3 is 9.40 Å². The zero-order valence-corrected chi connectivity index (χ0v) is 22.5. The number of fused-ring (bicyclic) bond motifs is 1. The fourth-order valence-corrected chi connectivity index (χ4v) is 5.68. The highest BCUT2D eigenvalue weighted by Gasteiger charge is 2.38. The van der Waals surface area contributed by atoms with Gasteiger partial charge in [-0.15, -0.1) is 5.48 Å². The van der Waals surface area contributed by atoms with E-state index >= 15 is 4.39 Å². The number of nitrogens with one attached hydrogen (secondary N) is 2. The summed E-state index contributed by atoms with van der Waals surface area (Å²) in [6.07, 6.45) is 4.51. The average molecular weight is 550 g/mol. The molecule has 39 heavy (non-hydrogen) atoms. The van der Waals surface area contributed by atoms with Crippen LogP contribution >= 0.6 is 11.6 Å². The van der Waals surface area contributed by atoms with E-state index in [9.17, 15) is 4.79 Å². The van der Waals surface area contributed by atoms with Gasteiger partial charge in [0.15, 0.2) is 23.5 Å². The van der Waals surface area contributed by atoms with Crippen molar-refractivity contribution in [2.45, 2.75) is 57.9 Å². The van der Waals surface area contributed by atoms with Crippen molar-refractivity contribution in [2.75, 3.05) is 0 Å². The van der Waals surface area contributed by atoms with Crippen LogP contribution in [0.15, 0.2) is 48.7 Å². The predicted octanol–water partition coefficient (Wildman–Crippen LogP) is 5.84. The van der Waals surface area contributed by atoms with Gasteiger partial charge in [-0.1, -0.05) is 49.6 Å². The minimum Gasteiger partial charge on any atom is -0.351 e. The molecule has 2 N–H and O–H groups in total. The number of hydroxylamine groups is 1. The molecule has 1 aliphatic heterocycles. The van der Waals surface area contributed by atoms with Crippen LogP contribution in [0.5, 0.6) is 0 Å². The van der Waals surface area contributed by atoms with Gasteiger partial charge in [-0.3, -0.25) is 10.3 Å². The summed E-state index contributed by atoms with van der Waals surface area (Å²) in [5.41, 5.74) is 3.05. The van der Waals surface area contributed by atoms with Gasteiger partial charge in [0.1, 0.15) is 11.2 Å². The Labute approximate surface area is 230 Å². The minimum absolute atomic E-state index is 0.212. The van der Waals surface area contributed by atoms with Crippen LogP contribution in [-0.4, -0.2) is 30.6 Å². The smallest absolute Gasteiger partial charge is 0.351 e. The standard InChI is InChI=1S/C28H29ClFN7O2/c1-16-9-11-17(12-10-16)15-37-22-21(18-6-5-7-19(29)14-18)32-24(25-35-27(38)39-36-25)33-23(22)34-26(37)28(2,30)20-8-3-4-13-31-20/h3-8,13-14,16-17,25,36H,9-12,15H2,1-2H3,(H,35,38). The SMILES string of the molecule is CC1CCC(Cn2c(C(C)(F)c3ccccn3)nc3nc(C4NOC(=O)N4)nc(-c4cccc(Cl)c4)c32)CC1. The zero-order chi connectivity index (χ0) is 27.1. The third kappa shape index (κ3) is 4.94. The maximum atomic E-state index is 16.8. The molecule has 1 amide bonds. The first-order valence-corrected chi connectivity index (χ1v) is 13.5. The summed E-state index contributed by atoms with van der Waals surface area (Å²) < 4.78 is 18.7. The molecule has 9 nitrogen and oxygen atoms in total. The highest BCUT2D eigenvalue weighted by atomic mass is 35.5. The lowest BCUT2D eigenvalue weighted by atomic mass is 9.83. The van der Waals surface area contributed by atoms with Crippen LogP contribution in [0.3, 0.4) is 0 Å². The molecule has 0 bridgehead atoms. The molecule has 1 saturated carbocycles. The van der Waals surface area contributed by atoms with E-state index in [0.29, 0.717) is 40.3 Å². The van der Waals surface area contributed by atoms with E-state index in [2.05, 4.69) is 27.7 Å². The fourth-order valence-electron chi connectivity index (χ4n) is 5.49. The summed E-state index contributed by atoms with van der Waals surface area (Å²) in [5, 5.41) is 3.17. The molecule has 1 aromatic carbocycles. The van der Waals surface area contributed by atoms with Crippen LogP contribution < -0.4 is 10.8 Å². The quantitative estimate of drug-likeness (QED) is 0.311. The Morgan fingerprint density at radius 2 is 1.95 bits per heavy atom.